The molecule has 1 rings (SSSR count). The van der Waals surface area contributed by atoms with Crippen molar-refractivity contribution < 1.29 is 5.11 Å². The van der Waals surface area contributed by atoms with Crippen molar-refractivity contribution in [3.63, 3.8) is 0 Å². The molecule has 1 N–H and O–H groups in total. The van der Waals surface area contributed by atoms with Crippen LogP contribution in [0.4, 0.5) is 0 Å². The maximum atomic E-state index is 9.14. The van der Waals surface area contributed by atoms with Crippen LogP contribution in [0.3, 0.4) is 0 Å². The summed E-state index contributed by atoms with van der Waals surface area (Å²) in [6, 6.07) is 0. The van der Waals surface area contributed by atoms with E-state index in [-0.39, 0.29) is 0 Å². The van der Waals surface area contributed by atoms with E-state index in [1.165, 1.54) is 96.3 Å². The van der Waals surface area contributed by atoms with Crippen LogP contribution in [0.25, 0.3) is 0 Å². The van der Waals surface area contributed by atoms with Crippen LogP contribution in [-0.2, 0) is 0 Å². The number of aliphatic hydroxyl groups excluding tert-OH is 1. The second-order valence-electron chi connectivity index (χ2n) is 7.04. The maximum absolute atomic E-state index is 9.14. The highest BCUT2D eigenvalue weighted by Gasteiger charge is 2.19. The maximum Gasteiger partial charge on any atom is 0.0459 e. The number of unbranched alkanes of at least 4 members (excludes halogenated alkanes) is 9. The van der Waals surface area contributed by atoms with Crippen LogP contribution in [-0.4, -0.2) is 11.7 Å². The third kappa shape index (κ3) is 9.00. The van der Waals surface area contributed by atoms with Crippen molar-refractivity contribution in [2.75, 3.05) is 6.61 Å². The molecule has 0 aromatic carbocycles. The Kier molecular flexibility index (Phi) is 11.4. The zero-order chi connectivity index (χ0) is 14.5. The first-order chi connectivity index (χ1) is 9.86. The van der Waals surface area contributed by atoms with Gasteiger partial charge in [0, 0.05) is 6.61 Å². The third-order valence-electron chi connectivity index (χ3n) is 5.19. The molecule has 1 fully saturated rings. The van der Waals surface area contributed by atoms with Crippen LogP contribution >= 0.6 is 0 Å². The molecule has 1 heteroatoms. The van der Waals surface area contributed by atoms with E-state index >= 15 is 0 Å². The Bertz CT molecular complexity index is 194. The largest absolute Gasteiger partial charge is 0.396 e. The first-order valence-corrected chi connectivity index (χ1v) is 9.47. The summed E-state index contributed by atoms with van der Waals surface area (Å²) in [5.41, 5.74) is 0. The van der Waals surface area contributed by atoms with Crippen molar-refractivity contribution in [3.05, 3.63) is 0 Å². The van der Waals surface area contributed by atoms with E-state index < -0.39 is 0 Å². The lowest BCUT2D eigenvalue weighted by atomic mass is 9.80. The van der Waals surface area contributed by atoms with Gasteiger partial charge < -0.3 is 5.11 Å². The van der Waals surface area contributed by atoms with Gasteiger partial charge in [-0.05, 0) is 24.7 Å². The zero-order valence-corrected chi connectivity index (χ0v) is 13.9. The van der Waals surface area contributed by atoms with Gasteiger partial charge in [-0.2, -0.15) is 0 Å². The molecule has 0 aliphatic heterocycles. The molecule has 1 saturated carbocycles. The molecule has 0 radical (unpaired) electrons. The molecule has 0 unspecified atom stereocenters. The molecule has 20 heavy (non-hydrogen) atoms. The fourth-order valence-electron chi connectivity index (χ4n) is 3.62. The average molecular weight is 283 g/mol. The van der Waals surface area contributed by atoms with Crippen molar-refractivity contribution in [2.24, 2.45) is 11.8 Å². The average Bonchev–Trinajstić information content (AvgIpc) is 2.50. The molecule has 0 aromatic heterocycles. The van der Waals surface area contributed by atoms with E-state index in [4.69, 9.17) is 5.11 Å². The summed E-state index contributed by atoms with van der Waals surface area (Å²) < 4.78 is 0. The molecule has 0 spiro atoms. The minimum Gasteiger partial charge on any atom is -0.396 e. The van der Waals surface area contributed by atoms with Crippen molar-refractivity contribution >= 4 is 0 Å². The van der Waals surface area contributed by atoms with Crippen LogP contribution < -0.4 is 0 Å². The second kappa shape index (κ2) is 12.7. The Hall–Kier alpha value is -0.0400. The molecule has 0 aromatic rings. The molecule has 1 nitrogen and oxygen atoms in total. The van der Waals surface area contributed by atoms with E-state index in [0.29, 0.717) is 12.5 Å². The molecule has 0 amide bonds. The van der Waals surface area contributed by atoms with Gasteiger partial charge in [0.05, 0.1) is 0 Å². The van der Waals surface area contributed by atoms with E-state index in [9.17, 15) is 0 Å². The van der Waals surface area contributed by atoms with E-state index in [1.54, 1.807) is 0 Å². The summed E-state index contributed by atoms with van der Waals surface area (Å²) in [6.07, 6.45) is 21.2. The lowest BCUT2D eigenvalue weighted by Crippen LogP contribution is -2.17. The second-order valence-corrected chi connectivity index (χ2v) is 7.04. The van der Waals surface area contributed by atoms with Gasteiger partial charge in [-0.25, -0.2) is 0 Å². The first-order valence-electron chi connectivity index (χ1n) is 9.47. The SMILES string of the molecule is CCCCCCCCCCCCC1CCC(CO)CC1. The smallest absolute Gasteiger partial charge is 0.0459 e. The Morgan fingerprint density at radius 3 is 1.60 bits per heavy atom. The van der Waals surface area contributed by atoms with Gasteiger partial charge in [0.2, 0.25) is 0 Å². The van der Waals surface area contributed by atoms with Crippen LogP contribution in [0, 0.1) is 11.8 Å². The number of hydrogen-bond acceptors (Lipinski definition) is 1. The minimum atomic E-state index is 0.422. The fourth-order valence-corrected chi connectivity index (χ4v) is 3.62. The Morgan fingerprint density at radius 1 is 0.650 bits per heavy atom. The van der Waals surface area contributed by atoms with Crippen molar-refractivity contribution in [2.45, 2.75) is 103 Å². The molecule has 0 atom stereocenters. The Morgan fingerprint density at radius 2 is 1.10 bits per heavy atom. The van der Waals surface area contributed by atoms with Crippen LogP contribution in [0.1, 0.15) is 103 Å². The Labute approximate surface area is 127 Å². The summed E-state index contributed by atoms with van der Waals surface area (Å²) in [6.45, 7) is 2.71. The monoisotopic (exact) mass is 282 g/mol. The summed E-state index contributed by atoms with van der Waals surface area (Å²) in [4.78, 5) is 0. The van der Waals surface area contributed by atoms with Crippen LogP contribution in [0.5, 0.6) is 0 Å². The molecule has 120 valence electrons. The van der Waals surface area contributed by atoms with E-state index in [2.05, 4.69) is 6.92 Å². The predicted octanol–water partition coefficient (Wildman–Crippen LogP) is 6.10. The van der Waals surface area contributed by atoms with Gasteiger partial charge in [0.1, 0.15) is 0 Å². The van der Waals surface area contributed by atoms with E-state index in [1.807, 2.05) is 0 Å². The molecule has 0 heterocycles. The summed E-state index contributed by atoms with van der Waals surface area (Å²) in [5, 5.41) is 9.14. The van der Waals surface area contributed by atoms with Gasteiger partial charge in [-0.3, -0.25) is 0 Å². The third-order valence-corrected chi connectivity index (χ3v) is 5.19. The van der Waals surface area contributed by atoms with Crippen molar-refractivity contribution in [1.29, 1.82) is 0 Å². The fraction of sp³-hybridized carbons (Fsp3) is 1.00. The quantitative estimate of drug-likeness (QED) is 0.429. The predicted molar refractivity (Wildman–Crippen MR) is 89.0 cm³/mol. The van der Waals surface area contributed by atoms with Gasteiger partial charge in [-0.15, -0.1) is 0 Å². The highest BCUT2D eigenvalue weighted by Crippen LogP contribution is 2.31. The van der Waals surface area contributed by atoms with E-state index in [0.717, 1.165) is 5.92 Å². The lowest BCUT2D eigenvalue weighted by Gasteiger charge is -2.27. The van der Waals surface area contributed by atoms with Gasteiger partial charge >= 0.3 is 0 Å². The Balaban J connectivity index is 1.79. The molecular weight excluding hydrogens is 244 g/mol. The van der Waals surface area contributed by atoms with Crippen molar-refractivity contribution in [1.82, 2.24) is 0 Å². The minimum absolute atomic E-state index is 0.422. The first kappa shape index (κ1) is 18.0. The lowest BCUT2D eigenvalue weighted by molar-refractivity contribution is 0.163. The number of aliphatic hydroxyl groups is 1. The van der Waals surface area contributed by atoms with Gasteiger partial charge in [0.25, 0.3) is 0 Å². The van der Waals surface area contributed by atoms with Crippen LogP contribution in [0.15, 0.2) is 0 Å². The van der Waals surface area contributed by atoms with Gasteiger partial charge in [-0.1, -0.05) is 90.4 Å². The highest BCUT2D eigenvalue weighted by molar-refractivity contribution is 4.72. The highest BCUT2D eigenvalue weighted by atomic mass is 16.3. The molecular formula is C19H38O. The van der Waals surface area contributed by atoms with Crippen LogP contribution in [0.2, 0.25) is 0 Å². The molecule has 0 bridgehead atoms. The number of hydrogen-bond donors (Lipinski definition) is 1. The summed E-state index contributed by atoms with van der Waals surface area (Å²) in [5.74, 6) is 1.60. The van der Waals surface area contributed by atoms with Crippen molar-refractivity contribution in [3.8, 4) is 0 Å². The summed E-state index contributed by atoms with van der Waals surface area (Å²) >= 11 is 0. The zero-order valence-electron chi connectivity index (χ0n) is 13.9. The standard InChI is InChI=1S/C19H38O/c1-2-3-4-5-6-7-8-9-10-11-12-18-13-15-19(17-20)16-14-18/h18-20H,2-17H2,1H3. The number of rotatable bonds is 12. The van der Waals surface area contributed by atoms with Gasteiger partial charge in [0.15, 0.2) is 0 Å². The topological polar surface area (TPSA) is 20.2 Å². The molecule has 1 aliphatic rings. The molecule has 0 saturated heterocycles. The summed E-state index contributed by atoms with van der Waals surface area (Å²) in [7, 11) is 0. The molecule has 1 aliphatic carbocycles. The normalized spacial score (nSPS) is 23.1.